The molecule has 0 aromatic heterocycles. The summed E-state index contributed by atoms with van der Waals surface area (Å²) in [4.78, 5) is 17.7. The van der Waals surface area contributed by atoms with Crippen molar-refractivity contribution in [2.75, 3.05) is 47.3 Å². The Morgan fingerprint density at radius 3 is 1.74 bits per heavy atom. The van der Waals surface area contributed by atoms with E-state index in [1.165, 1.54) is 25.9 Å². The van der Waals surface area contributed by atoms with Crippen LogP contribution in [0.5, 0.6) is 0 Å². The molecule has 0 aromatic rings. The molecule has 2 saturated heterocycles. The number of hydrogen-bond acceptors (Lipinski definition) is 2. The highest BCUT2D eigenvalue weighted by Crippen LogP contribution is 2.39. The third-order valence-electron chi connectivity index (χ3n) is 3.69. The molecule has 2 aliphatic rings. The van der Waals surface area contributed by atoms with Gasteiger partial charge >= 0.3 is 6.03 Å². The molecule has 0 unspecified atom stereocenters. The molecule has 4 heteroatoms. The van der Waals surface area contributed by atoms with Gasteiger partial charge in [-0.05, 0) is 25.3 Å². The van der Waals surface area contributed by atoms with E-state index < -0.39 is 0 Å². The fraction of sp³-hybridized carbons (Fsp3) is 0.933. The van der Waals surface area contributed by atoms with Crippen molar-refractivity contribution in [2.24, 2.45) is 5.41 Å². The van der Waals surface area contributed by atoms with E-state index >= 15 is 0 Å². The summed E-state index contributed by atoms with van der Waals surface area (Å²) in [5.74, 6) is 0. The Balaban J connectivity index is 0.000000741. The van der Waals surface area contributed by atoms with Crippen LogP contribution in [0.25, 0.3) is 0 Å². The van der Waals surface area contributed by atoms with Crippen LogP contribution < -0.4 is 0 Å². The second kappa shape index (κ2) is 8.41. The van der Waals surface area contributed by atoms with Gasteiger partial charge in [0.2, 0.25) is 0 Å². The van der Waals surface area contributed by atoms with Crippen LogP contribution in [0.2, 0.25) is 0 Å². The molecule has 0 atom stereocenters. The highest BCUT2D eigenvalue weighted by molar-refractivity contribution is 5.73. The predicted octanol–water partition coefficient (Wildman–Crippen LogP) is 2.75. The minimum atomic E-state index is 0.164. The van der Waals surface area contributed by atoms with Gasteiger partial charge in [-0.2, -0.15) is 0 Å². The van der Waals surface area contributed by atoms with Gasteiger partial charge in [0.15, 0.2) is 0 Å². The summed E-state index contributed by atoms with van der Waals surface area (Å²) in [5, 5.41) is 0. The number of amides is 2. The summed E-state index contributed by atoms with van der Waals surface area (Å²) in [6.07, 6.45) is 2.36. The maximum Gasteiger partial charge on any atom is 0.319 e. The molecular formula is C15H33N3O. The molecule has 2 heterocycles. The first-order valence-electron chi connectivity index (χ1n) is 7.67. The van der Waals surface area contributed by atoms with E-state index in [0.29, 0.717) is 5.41 Å². The lowest BCUT2D eigenvalue weighted by molar-refractivity contribution is -0.0250. The van der Waals surface area contributed by atoms with Crippen LogP contribution >= 0.6 is 0 Å². The Bertz CT molecular complexity index is 250. The molecule has 0 aromatic carbocycles. The molecule has 0 saturated carbocycles. The minimum absolute atomic E-state index is 0.164. The summed E-state index contributed by atoms with van der Waals surface area (Å²) in [6, 6.07) is 0.164. The zero-order chi connectivity index (χ0) is 15.1. The Morgan fingerprint density at radius 2 is 1.42 bits per heavy atom. The average molecular weight is 271 g/mol. The van der Waals surface area contributed by atoms with Gasteiger partial charge < -0.3 is 14.7 Å². The SMILES string of the molecule is CC.CC.CN1CC2(CCN(C(=O)N(C)C)CC2)C1. The molecule has 0 aliphatic carbocycles. The molecule has 0 N–H and O–H groups in total. The number of hydrogen-bond donors (Lipinski definition) is 0. The first kappa shape index (κ1) is 18.2. The van der Waals surface area contributed by atoms with Crippen LogP contribution in [0.3, 0.4) is 0 Å². The lowest BCUT2D eigenvalue weighted by Gasteiger charge is -2.53. The van der Waals surface area contributed by atoms with Gasteiger partial charge in [0.1, 0.15) is 0 Å². The van der Waals surface area contributed by atoms with Gasteiger partial charge in [-0.3, -0.25) is 0 Å². The Morgan fingerprint density at radius 1 is 1.00 bits per heavy atom. The number of rotatable bonds is 0. The standard InChI is InChI=1S/C11H21N3O.2C2H6/c1-12(2)10(15)14-6-4-11(5-7-14)8-13(3)9-11;2*1-2/h4-9H2,1-3H3;2*1-2H3. The van der Waals surface area contributed by atoms with Crippen molar-refractivity contribution in [3.05, 3.63) is 0 Å². The second-order valence-corrected chi connectivity index (χ2v) is 5.34. The van der Waals surface area contributed by atoms with Crippen LogP contribution in [-0.4, -0.2) is 68.1 Å². The number of urea groups is 1. The lowest BCUT2D eigenvalue weighted by atomic mass is 9.72. The Hall–Kier alpha value is -0.770. The summed E-state index contributed by atoms with van der Waals surface area (Å²) >= 11 is 0. The number of likely N-dealkylation sites (tertiary alicyclic amines) is 2. The molecule has 2 rings (SSSR count). The molecule has 2 amide bonds. The second-order valence-electron chi connectivity index (χ2n) is 5.34. The van der Waals surface area contributed by atoms with E-state index in [1.54, 1.807) is 4.90 Å². The van der Waals surface area contributed by atoms with Crippen LogP contribution in [0.15, 0.2) is 0 Å². The smallest absolute Gasteiger partial charge is 0.319 e. The topological polar surface area (TPSA) is 26.8 Å². The maximum absolute atomic E-state index is 11.7. The zero-order valence-corrected chi connectivity index (χ0v) is 14.0. The van der Waals surface area contributed by atoms with Gasteiger partial charge in [0, 0.05) is 40.3 Å². The normalized spacial score (nSPS) is 20.5. The summed E-state index contributed by atoms with van der Waals surface area (Å²) < 4.78 is 0. The van der Waals surface area contributed by atoms with Crippen LogP contribution in [-0.2, 0) is 0 Å². The maximum atomic E-state index is 11.7. The van der Waals surface area contributed by atoms with Gasteiger partial charge in [-0.15, -0.1) is 0 Å². The third-order valence-corrected chi connectivity index (χ3v) is 3.69. The van der Waals surface area contributed by atoms with Gasteiger partial charge in [0.25, 0.3) is 0 Å². The van der Waals surface area contributed by atoms with Crippen molar-refractivity contribution in [3.8, 4) is 0 Å². The van der Waals surface area contributed by atoms with Gasteiger partial charge in [-0.1, -0.05) is 27.7 Å². The van der Waals surface area contributed by atoms with Crippen molar-refractivity contribution in [2.45, 2.75) is 40.5 Å². The summed E-state index contributed by atoms with van der Waals surface area (Å²) in [7, 11) is 5.82. The largest absolute Gasteiger partial charge is 0.331 e. The number of carbonyl (C=O) groups is 1. The fourth-order valence-electron chi connectivity index (χ4n) is 2.87. The van der Waals surface area contributed by atoms with Crippen molar-refractivity contribution >= 4 is 6.03 Å². The van der Waals surface area contributed by atoms with Gasteiger partial charge in [-0.25, -0.2) is 4.79 Å². The minimum Gasteiger partial charge on any atom is -0.331 e. The molecule has 0 radical (unpaired) electrons. The number of piperidine rings is 1. The monoisotopic (exact) mass is 271 g/mol. The molecule has 2 fully saturated rings. The molecule has 19 heavy (non-hydrogen) atoms. The first-order valence-corrected chi connectivity index (χ1v) is 7.67. The van der Waals surface area contributed by atoms with E-state index in [2.05, 4.69) is 11.9 Å². The summed E-state index contributed by atoms with van der Waals surface area (Å²) in [5.41, 5.74) is 0.540. The Labute approximate surface area is 119 Å². The number of nitrogens with zero attached hydrogens (tertiary/aromatic N) is 3. The highest BCUT2D eigenvalue weighted by atomic mass is 16.2. The fourth-order valence-corrected chi connectivity index (χ4v) is 2.87. The van der Waals surface area contributed by atoms with E-state index in [4.69, 9.17) is 0 Å². The van der Waals surface area contributed by atoms with Crippen molar-refractivity contribution in [3.63, 3.8) is 0 Å². The predicted molar refractivity (Wildman–Crippen MR) is 82.5 cm³/mol. The van der Waals surface area contributed by atoms with Crippen LogP contribution in [0.4, 0.5) is 4.79 Å². The lowest BCUT2D eigenvalue weighted by Crippen LogP contribution is -2.59. The molecule has 114 valence electrons. The van der Waals surface area contributed by atoms with Crippen LogP contribution in [0.1, 0.15) is 40.5 Å². The van der Waals surface area contributed by atoms with Crippen molar-refractivity contribution in [1.29, 1.82) is 0 Å². The molecular weight excluding hydrogens is 238 g/mol. The van der Waals surface area contributed by atoms with Crippen LogP contribution in [0, 0.1) is 5.41 Å². The highest BCUT2D eigenvalue weighted by Gasteiger charge is 2.43. The molecule has 0 bridgehead atoms. The van der Waals surface area contributed by atoms with Crippen molar-refractivity contribution < 1.29 is 4.79 Å². The van der Waals surface area contributed by atoms with E-state index in [1.807, 2.05) is 46.7 Å². The van der Waals surface area contributed by atoms with E-state index in [9.17, 15) is 4.79 Å². The Kier molecular flexibility index (Phi) is 8.07. The third kappa shape index (κ3) is 4.68. The van der Waals surface area contributed by atoms with Crippen molar-refractivity contribution in [1.82, 2.24) is 14.7 Å². The van der Waals surface area contributed by atoms with Gasteiger partial charge in [0.05, 0.1) is 0 Å². The molecule has 4 nitrogen and oxygen atoms in total. The summed E-state index contributed by atoms with van der Waals surface area (Å²) in [6.45, 7) is 12.3. The van der Waals surface area contributed by atoms with E-state index in [-0.39, 0.29) is 6.03 Å². The zero-order valence-electron chi connectivity index (χ0n) is 14.0. The van der Waals surface area contributed by atoms with E-state index in [0.717, 1.165) is 13.1 Å². The quantitative estimate of drug-likeness (QED) is 0.677. The average Bonchev–Trinajstić information content (AvgIpc) is 2.42. The number of carbonyl (C=O) groups excluding carboxylic acids is 1. The molecule has 1 spiro atoms. The molecule has 2 aliphatic heterocycles. The first-order chi connectivity index (χ1) is 9.02.